The molecule has 0 radical (unpaired) electrons. The van der Waals surface area contributed by atoms with E-state index in [0.29, 0.717) is 11.3 Å². The fraction of sp³-hybridized carbons (Fsp3) is 0.625. The van der Waals surface area contributed by atoms with Crippen LogP contribution < -0.4 is 4.90 Å². The summed E-state index contributed by atoms with van der Waals surface area (Å²) in [6, 6.07) is 4.74. The van der Waals surface area contributed by atoms with E-state index in [0.717, 1.165) is 13.2 Å². The molecule has 0 N–H and O–H groups in total. The van der Waals surface area contributed by atoms with Crippen LogP contribution in [-0.4, -0.2) is 26.3 Å². The predicted octanol–water partition coefficient (Wildman–Crippen LogP) is 3.26. The Labute approximate surface area is 110 Å². The lowest BCUT2D eigenvalue weighted by Crippen LogP contribution is -2.66. The van der Waals surface area contributed by atoms with E-state index in [2.05, 4.69) is 44.7 Å². The molecular formula is C16H23NO. The second-order valence-electron chi connectivity index (χ2n) is 6.50. The zero-order valence-corrected chi connectivity index (χ0v) is 11.9. The average Bonchev–Trinajstić information content (AvgIpc) is 2.17. The number of hydrogen-bond donors (Lipinski definition) is 0. The van der Waals surface area contributed by atoms with Crippen LogP contribution in [0.4, 0.5) is 5.69 Å². The molecule has 98 valence electrons. The first-order chi connectivity index (χ1) is 8.51. The van der Waals surface area contributed by atoms with Gasteiger partial charge in [-0.1, -0.05) is 19.9 Å². The SMILES string of the molecule is Cc1cc(N2CC3(COC3)C2)c(C)cc1C(C)C. The van der Waals surface area contributed by atoms with Gasteiger partial charge in [-0.05, 0) is 42.5 Å². The minimum atomic E-state index is 0.497. The summed E-state index contributed by atoms with van der Waals surface area (Å²) >= 11 is 0. The Balaban J connectivity index is 1.83. The zero-order chi connectivity index (χ0) is 12.9. The maximum absolute atomic E-state index is 5.34. The molecule has 3 rings (SSSR count). The fourth-order valence-corrected chi connectivity index (χ4v) is 3.29. The Bertz CT molecular complexity index is 466. The molecule has 2 fully saturated rings. The van der Waals surface area contributed by atoms with Crippen LogP contribution in [0.3, 0.4) is 0 Å². The lowest BCUT2D eigenvalue weighted by Gasteiger charge is -2.56. The normalized spacial score (nSPS) is 21.1. The predicted molar refractivity (Wildman–Crippen MR) is 75.5 cm³/mol. The van der Waals surface area contributed by atoms with Crippen molar-refractivity contribution in [3.8, 4) is 0 Å². The fourth-order valence-electron chi connectivity index (χ4n) is 3.29. The third kappa shape index (κ3) is 1.74. The quantitative estimate of drug-likeness (QED) is 0.793. The maximum Gasteiger partial charge on any atom is 0.0579 e. The van der Waals surface area contributed by atoms with Gasteiger partial charge in [-0.3, -0.25) is 0 Å². The molecule has 0 saturated carbocycles. The first-order valence-electron chi connectivity index (χ1n) is 6.95. The van der Waals surface area contributed by atoms with Gasteiger partial charge in [0, 0.05) is 18.8 Å². The molecule has 0 unspecified atom stereocenters. The summed E-state index contributed by atoms with van der Waals surface area (Å²) in [6.45, 7) is 13.3. The van der Waals surface area contributed by atoms with Gasteiger partial charge in [0.1, 0.15) is 0 Å². The highest BCUT2D eigenvalue weighted by Gasteiger charge is 2.49. The molecule has 2 heteroatoms. The largest absolute Gasteiger partial charge is 0.380 e. The Morgan fingerprint density at radius 3 is 2.28 bits per heavy atom. The third-order valence-corrected chi connectivity index (χ3v) is 4.42. The van der Waals surface area contributed by atoms with Gasteiger partial charge in [0.25, 0.3) is 0 Å². The lowest BCUT2D eigenvalue weighted by atomic mass is 9.77. The highest BCUT2D eigenvalue weighted by atomic mass is 16.5. The molecular weight excluding hydrogens is 222 g/mol. The Hall–Kier alpha value is -1.02. The summed E-state index contributed by atoms with van der Waals surface area (Å²) in [6.07, 6.45) is 0. The molecule has 1 spiro atoms. The van der Waals surface area contributed by atoms with Crippen molar-refractivity contribution >= 4 is 5.69 Å². The summed E-state index contributed by atoms with van der Waals surface area (Å²) < 4.78 is 5.34. The number of benzene rings is 1. The highest BCUT2D eigenvalue weighted by molar-refractivity contribution is 5.59. The summed E-state index contributed by atoms with van der Waals surface area (Å²) in [5, 5.41) is 0. The molecule has 2 aliphatic heterocycles. The van der Waals surface area contributed by atoms with Crippen LogP contribution in [0.15, 0.2) is 12.1 Å². The van der Waals surface area contributed by atoms with Crippen LogP contribution in [0, 0.1) is 19.3 Å². The Morgan fingerprint density at radius 1 is 1.11 bits per heavy atom. The molecule has 2 saturated heterocycles. The summed E-state index contributed by atoms with van der Waals surface area (Å²) in [5.74, 6) is 0.612. The Morgan fingerprint density at radius 2 is 1.78 bits per heavy atom. The smallest absolute Gasteiger partial charge is 0.0579 e. The van der Waals surface area contributed by atoms with Gasteiger partial charge in [-0.15, -0.1) is 0 Å². The van der Waals surface area contributed by atoms with E-state index in [1.165, 1.54) is 35.5 Å². The van der Waals surface area contributed by atoms with E-state index in [9.17, 15) is 0 Å². The van der Waals surface area contributed by atoms with Crippen LogP contribution in [-0.2, 0) is 4.74 Å². The molecule has 2 nitrogen and oxygen atoms in total. The molecule has 0 bridgehead atoms. The van der Waals surface area contributed by atoms with Gasteiger partial charge < -0.3 is 9.64 Å². The van der Waals surface area contributed by atoms with Crippen LogP contribution in [0.25, 0.3) is 0 Å². The van der Waals surface area contributed by atoms with Gasteiger partial charge in [0.2, 0.25) is 0 Å². The van der Waals surface area contributed by atoms with Gasteiger partial charge in [-0.25, -0.2) is 0 Å². The highest BCUT2D eigenvalue weighted by Crippen LogP contribution is 2.42. The van der Waals surface area contributed by atoms with Gasteiger partial charge in [0.05, 0.1) is 18.6 Å². The van der Waals surface area contributed by atoms with Gasteiger partial charge in [-0.2, -0.15) is 0 Å². The van der Waals surface area contributed by atoms with E-state index in [1.54, 1.807) is 0 Å². The van der Waals surface area contributed by atoms with Crippen LogP contribution in [0.5, 0.6) is 0 Å². The number of hydrogen-bond acceptors (Lipinski definition) is 2. The molecule has 1 aromatic carbocycles. The van der Waals surface area contributed by atoms with Crippen molar-refractivity contribution in [2.45, 2.75) is 33.6 Å². The average molecular weight is 245 g/mol. The summed E-state index contributed by atoms with van der Waals surface area (Å²) in [4.78, 5) is 2.51. The van der Waals surface area contributed by atoms with Gasteiger partial charge >= 0.3 is 0 Å². The molecule has 18 heavy (non-hydrogen) atoms. The van der Waals surface area contributed by atoms with E-state index < -0.39 is 0 Å². The first kappa shape index (κ1) is 12.0. The minimum absolute atomic E-state index is 0.497. The number of anilines is 1. The van der Waals surface area contributed by atoms with Crippen LogP contribution in [0.2, 0.25) is 0 Å². The number of nitrogens with zero attached hydrogens (tertiary/aromatic N) is 1. The Kier molecular flexibility index (Phi) is 2.67. The standard InChI is InChI=1S/C16H23NO/c1-11(2)14-5-13(4)15(6-12(14)3)17-7-16(8-17)9-18-10-16/h5-6,11H,7-10H2,1-4H3. The molecule has 2 heterocycles. The number of aryl methyl sites for hydroxylation is 2. The topological polar surface area (TPSA) is 12.5 Å². The van der Waals surface area contributed by atoms with Gasteiger partial charge in [0.15, 0.2) is 0 Å². The number of rotatable bonds is 2. The zero-order valence-electron chi connectivity index (χ0n) is 11.9. The van der Waals surface area contributed by atoms with Crippen molar-refractivity contribution in [2.24, 2.45) is 5.41 Å². The second-order valence-corrected chi connectivity index (χ2v) is 6.50. The molecule has 1 aromatic rings. The van der Waals surface area contributed by atoms with Crippen LogP contribution in [0.1, 0.15) is 36.5 Å². The molecule has 0 atom stereocenters. The van der Waals surface area contributed by atoms with Crippen molar-refractivity contribution in [1.82, 2.24) is 0 Å². The van der Waals surface area contributed by atoms with Crippen molar-refractivity contribution in [1.29, 1.82) is 0 Å². The maximum atomic E-state index is 5.34. The molecule has 0 amide bonds. The van der Waals surface area contributed by atoms with Crippen molar-refractivity contribution in [2.75, 3.05) is 31.2 Å². The minimum Gasteiger partial charge on any atom is -0.380 e. The summed E-state index contributed by atoms with van der Waals surface area (Å²) in [7, 11) is 0. The molecule has 0 aliphatic carbocycles. The van der Waals surface area contributed by atoms with E-state index >= 15 is 0 Å². The first-order valence-corrected chi connectivity index (χ1v) is 6.95. The van der Waals surface area contributed by atoms with E-state index in [1.807, 2.05) is 0 Å². The number of ether oxygens (including phenoxy) is 1. The van der Waals surface area contributed by atoms with Crippen molar-refractivity contribution in [3.63, 3.8) is 0 Å². The van der Waals surface area contributed by atoms with Crippen molar-refractivity contribution in [3.05, 3.63) is 28.8 Å². The third-order valence-electron chi connectivity index (χ3n) is 4.42. The van der Waals surface area contributed by atoms with Crippen LogP contribution >= 0.6 is 0 Å². The molecule has 2 aliphatic rings. The van der Waals surface area contributed by atoms with Crippen molar-refractivity contribution < 1.29 is 4.74 Å². The van der Waals surface area contributed by atoms with E-state index in [4.69, 9.17) is 4.74 Å². The summed E-state index contributed by atoms with van der Waals surface area (Å²) in [5.41, 5.74) is 6.25. The molecule has 0 aromatic heterocycles. The van der Waals surface area contributed by atoms with E-state index in [-0.39, 0.29) is 0 Å². The monoisotopic (exact) mass is 245 g/mol. The second kappa shape index (κ2) is 3.99. The lowest BCUT2D eigenvalue weighted by molar-refractivity contribution is -0.127.